The predicted octanol–water partition coefficient (Wildman–Crippen LogP) is 5.03. The number of benzene rings is 3. The average molecular weight is 395 g/mol. The lowest BCUT2D eigenvalue weighted by Gasteiger charge is -2.14. The van der Waals surface area contributed by atoms with Crippen molar-refractivity contribution in [2.45, 2.75) is 20.1 Å². The van der Waals surface area contributed by atoms with Crippen molar-refractivity contribution >= 4 is 11.7 Å². The first kappa shape index (κ1) is 20.2. The van der Waals surface area contributed by atoms with Gasteiger partial charge in [0.2, 0.25) is 0 Å². The van der Waals surface area contributed by atoms with Gasteiger partial charge < -0.3 is 19.9 Å². The monoisotopic (exact) mass is 395 g/mol. The van der Waals surface area contributed by atoms with E-state index >= 15 is 0 Å². The molecule has 0 unspecified atom stereocenters. The molecule has 0 fully saturated rings. The minimum Gasteiger partial charge on any atom is -0.493 e. The highest BCUT2D eigenvalue weighted by atomic mass is 19.1. The fourth-order valence-corrected chi connectivity index (χ4v) is 2.94. The van der Waals surface area contributed by atoms with Crippen LogP contribution in [0.1, 0.15) is 27.0 Å². The SMILES string of the molecule is COc1cc(CNc2cccc(C(=O)O)c2C)ccc1OCc1ccc(F)cc1. The van der Waals surface area contributed by atoms with E-state index in [-0.39, 0.29) is 11.4 Å². The molecule has 0 atom stereocenters. The van der Waals surface area contributed by atoms with Crippen LogP contribution in [0.25, 0.3) is 0 Å². The summed E-state index contributed by atoms with van der Waals surface area (Å²) >= 11 is 0. The number of carboxylic acids is 1. The highest BCUT2D eigenvalue weighted by Crippen LogP contribution is 2.29. The van der Waals surface area contributed by atoms with E-state index in [1.165, 1.54) is 12.1 Å². The summed E-state index contributed by atoms with van der Waals surface area (Å²) in [4.78, 5) is 11.3. The number of carbonyl (C=O) groups is 1. The number of anilines is 1. The van der Waals surface area contributed by atoms with Crippen LogP contribution < -0.4 is 14.8 Å². The fraction of sp³-hybridized carbons (Fsp3) is 0.174. The van der Waals surface area contributed by atoms with Crippen LogP contribution in [-0.4, -0.2) is 18.2 Å². The molecule has 0 aliphatic carbocycles. The number of aromatic carboxylic acids is 1. The molecule has 3 aromatic carbocycles. The molecule has 0 aliphatic rings. The third-order valence-corrected chi connectivity index (χ3v) is 4.58. The number of hydrogen-bond acceptors (Lipinski definition) is 4. The van der Waals surface area contributed by atoms with Crippen molar-refractivity contribution < 1.29 is 23.8 Å². The molecule has 150 valence electrons. The van der Waals surface area contributed by atoms with Crippen molar-refractivity contribution in [1.29, 1.82) is 0 Å². The van der Waals surface area contributed by atoms with E-state index in [9.17, 15) is 14.3 Å². The summed E-state index contributed by atoms with van der Waals surface area (Å²) in [6.07, 6.45) is 0. The number of nitrogens with one attached hydrogen (secondary N) is 1. The summed E-state index contributed by atoms with van der Waals surface area (Å²) in [5.41, 5.74) is 3.54. The van der Waals surface area contributed by atoms with Crippen LogP contribution in [0.4, 0.5) is 10.1 Å². The highest BCUT2D eigenvalue weighted by Gasteiger charge is 2.11. The van der Waals surface area contributed by atoms with Gasteiger partial charge in [-0.3, -0.25) is 0 Å². The first-order valence-corrected chi connectivity index (χ1v) is 9.09. The van der Waals surface area contributed by atoms with E-state index in [0.29, 0.717) is 30.2 Å². The molecule has 3 rings (SSSR count). The lowest BCUT2D eigenvalue weighted by molar-refractivity contribution is 0.0696. The van der Waals surface area contributed by atoms with Crippen molar-refractivity contribution in [1.82, 2.24) is 0 Å². The zero-order valence-corrected chi connectivity index (χ0v) is 16.2. The fourth-order valence-electron chi connectivity index (χ4n) is 2.94. The van der Waals surface area contributed by atoms with Gasteiger partial charge in [0.25, 0.3) is 0 Å². The highest BCUT2D eigenvalue weighted by molar-refractivity contribution is 5.91. The van der Waals surface area contributed by atoms with Gasteiger partial charge in [0.1, 0.15) is 12.4 Å². The zero-order chi connectivity index (χ0) is 20.8. The Hall–Kier alpha value is -3.54. The Morgan fingerprint density at radius 3 is 2.45 bits per heavy atom. The predicted molar refractivity (Wildman–Crippen MR) is 109 cm³/mol. The Bertz CT molecular complexity index is 1000. The Morgan fingerprint density at radius 1 is 1.03 bits per heavy atom. The average Bonchev–Trinajstić information content (AvgIpc) is 2.72. The minimum atomic E-state index is -0.949. The third-order valence-electron chi connectivity index (χ3n) is 4.58. The van der Waals surface area contributed by atoms with Gasteiger partial charge >= 0.3 is 5.97 Å². The van der Waals surface area contributed by atoms with Crippen molar-refractivity contribution in [2.75, 3.05) is 12.4 Å². The maximum absolute atomic E-state index is 13.0. The van der Waals surface area contributed by atoms with E-state index in [4.69, 9.17) is 9.47 Å². The summed E-state index contributed by atoms with van der Waals surface area (Å²) in [5, 5.41) is 12.5. The largest absolute Gasteiger partial charge is 0.493 e. The van der Waals surface area contributed by atoms with Gasteiger partial charge in [-0.1, -0.05) is 24.3 Å². The molecule has 0 heterocycles. The quantitative estimate of drug-likeness (QED) is 0.560. The summed E-state index contributed by atoms with van der Waals surface area (Å²) in [6.45, 7) is 2.58. The van der Waals surface area contributed by atoms with Crippen LogP contribution in [0.5, 0.6) is 11.5 Å². The zero-order valence-electron chi connectivity index (χ0n) is 16.2. The first-order valence-electron chi connectivity index (χ1n) is 9.09. The van der Waals surface area contributed by atoms with E-state index in [1.807, 2.05) is 24.3 Å². The summed E-state index contributed by atoms with van der Waals surface area (Å²) in [7, 11) is 1.57. The molecule has 0 amide bonds. The summed E-state index contributed by atoms with van der Waals surface area (Å²) < 4.78 is 24.2. The normalized spacial score (nSPS) is 10.4. The van der Waals surface area contributed by atoms with Crippen molar-refractivity contribution in [3.05, 3.63) is 88.7 Å². The van der Waals surface area contributed by atoms with Crippen molar-refractivity contribution in [2.24, 2.45) is 0 Å². The lowest BCUT2D eigenvalue weighted by Crippen LogP contribution is -2.06. The van der Waals surface area contributed by atoms with E-state index in [2.05, 4.69) is 5.32 Å². The molecule has 2 N–H and O–H groups in total. The molecule has 0 bridgehead atoms. The standard InChI is InChI=1S/C23H22FNO4/c1-15-19(23(26)27)4-3-5-20(15)25-13-17-8-11-21(22(12-17)28-2)29-14-16-6-9-18(24)10-7-16/h3-12,25H,13-14H2,1-2H3,(H,26,27). The molecule has 5 nitrogen and oxygen atoms in total. The van der Waals surface area contributed by atoms with E-state index < -0.39 is 5.97 Å². The van der Waals surface area contributed by atoms with Crippen LogP contribution in [-0.2, 0) is 13.2 Å². The Balaban J connectivity index is 1.68. The lowest BCUT2D eigenvalue weighted by atomic mass is 10.1. The van der Waals surface area contributed by atoms with Gasteiger partial charge in [0, 0.05) is 12.2 Å². The van der Waals surface area contributed by atoms with Crippen LogP contribution >= 0.6 is 0 Å². The second-order valence-electron chi connectivity index (χ2n) is 6.54. The number of halogens is 1. The van der Waals surface area contributed by atoms with Gasteiger partial charge in [-0.05, 0) is 60.0 Å². The smallest absolute Gasteiger partial charge is 0.336 e. The molecule has 0 aromatic heterocycles. The molecule has 0 spiro atoms. The van der Waals surface area contributed by atoms with Gasteiger partial charge in [0.15, 0.2) is 11.5 Å². The molecule has 0 radical (unpaired) electrons. The molecular weight excluding hydrogens is 373 g/mol. The van der Waals surface area contributed by atoms with Gasteiger partial charge in [-0.2, -0.15) is 0 Å². The summed E-state index contributed by atoms with van der Waals surface area (Å²) in [6, 6.07) is 16.9. The third kappa shape index (κ3) is 5.04. The molecule has 0 saturated carbocycles. The molecule has 0 saturated heterocycles. The maximum Gasteiger partial charge on any atom is 0.336 e. The van der Waals surface area contributed by atoms with Crippen LogP contribution in [0, 0.1) is 12.7 Å². The Morgan fingerprint density at radius 2 is 1.76 bits per heavy atom. The maximum atomic E-state index is 13.0. The van der Waals surface area contributed by atoms with Gasteiger partial charge in [0.05, 0.1) is 12.7 Å². The number of hydrogen-bond donors (Lipinski definition) is 2. The van der Waals surface area contributed by atoms with E-state index in [1.54, 1.807) is 38.3 Å². The molecule has 29 heavy (non-hydrogen) atoms. The van der Waals surface area contributed by atoms with Gasteiger partial charge in [-0.15, -0.1) is 0 Å². The number of rotatable bonds is 8. The molecule has 0 aliphatic heterocycles. The minimum absolute atomic E-state index is 0.275. The number of carboxylic acid groups (broad SMARTS) is 1. The molecule has 6 heteroatoms. The summed E-state index contributed by atoms with van der Waals surface area (Å²) in [5.74, 6) is -0.0603. The molecular formula is C23H22FNO4. The first-order chi connectivity index (χ1) is 14.0. The van der Waals surface area contributed by atoms with Gasteiger partial charge in [-0.25, -0.2) is 9.18 Å². The number of ether oxygens (including phenoxy) is 2. The number of methoxy groups -OCH3 is 1. The van der Waals surface area contributed by atoms with Crippen molar-refractivity contribution in [3.8, 4) is 11.5 Å². The Labute approximate surface area is 168 Å². The molecule has 3 aromatic rings. The Kier molecular flexibility index (Phi) is 6.34. The van der Waals surface area contributed by atoms with Crippen LogP contribution in [0.2, 0.25) is 0 Å². The van der Waals surface area contributed by atoms with Crippen LogP contribution in [0.15, 0.2) is 60.7 Å². The topological polar surface area (TPSA) is 67.8 Å². The van der Waals surface area contributed by atoms with Crippen LogP contribution in [0.3, 0.4) is 0 Å². The van der Waals surface area contributed by atoms with E-state index in [0.717, 1.165) is 16.8 Å². The second kappa shape index (κ2) is 9.10. The van der Waals surface area contributed by atoms with Crippen molar-refractivity contribution in [3.63, 3.8) is 0 Å². The second-order valence-corrected chi connectivity index (χ2v) is 6.54.